The molecule has 0 bridgehead atoms. The van der Waals surface area contributed by atoms with Crippen LogP contribution in [-0.2, 0) is 9.47 Å². The Morgan fingerprint density at radius 1 is 1.25 bits per heavy atom. The molecule has 0 aliphatic carbocycles. The molecule has 5 heteroatoms. The highest BCUT2D eigenvalue weighted by Gasteiger charge is 2.28. The standard InChI is InChI=1S/C3H7BO4/c5-4(6)3-7-1-2-8-3/h3,5-6H,1-2H2. The van der Waals surface area contributed by atoms with Gasteiger partial charge in [-0.15, -0.1) is 0 Å². The van der Waals surface area contributed by atoms with Crippen LogP contribution in [0.15, 0.2) is 0 Å². The van der Waals surface area contributed by atoms with Crippen molar-refractivity contribution in [3.63, 3.8) is 0 Å². The van der Waals surface area contributed by atoms with Crippen molar-refractivity contribution < 1.29 is 19.5 Å². The van der Waals surface area contributed by atoms with Gasteiger partial charge in [0.25, 0.3) is 0 Å². The van der Waals surface area contributed by atoms with Crippen LogP contribution < -0.4 is 0 Å². The number of rotatable bonds is 1. The van der Waals surface area contributed by atoms with E-state index in [1.807, 2.05) is 0 Å². The summed E-state index contributed by atoms with van der Waals surface area (Å²) in [7, 11) is -1.50. The summed E-state index contributed by atoms with van der Waals surface area (Å²) in [6.07, 6.45) is -0.824. The molecule has 0 aromatic carbocycles. The van der Waals surface area contributed by atoms with E-state index in [4.69, 9.17) is 19.5 Å². The summed E-state index contributed by atoms with van der Waals surface area (Å²) in [5, 5.41) is 16.7. The molecule has 0 aromatic heterocycles. The van der Waals surface area contributed by atoms with E-state index < -0.39 is 13.3 Å². The van der Waals surface area contributed by atoms with E-state index in [1.54, 1.807) is 0 Å². The SMILES string of the molecule is OB(O)C1OCCO1. The van der Waals surface area contributed by atoms with Gasteiger partial charge < -0.3 is 19.5 Å². The number of ether oxygens (including phenoxy) is 2. The largest absolute Gasteiger partial charge is 0.511 e. The third-order valence-corrected chi connectivity index (χ3v) is 0.891. The molecule has 0 radical (unpaired) electrons. The van der Waals surface area contributed by atoms with E-state index in [1.165, 1.54) is 0 Å². The maximum Gasteiger partial charge on any atom is 0.511 e. The highest BCUT2D eigenvalue weighted by atomic mass is 16.7. The summed E-state index contributed by atoms with van der Waals surface area (Å²) in [6, 6.07) is 0. The second-order valence-corrected chi connectivity index (χ2v) is 1.52. The molecule has 2 N–H and O–H groups in total. The predicted octanol–water partition coefficient (Wildman–Crippen LogP) is -1.63. The van der Waals surface area contributed by atoms with Gasteiger partial charge >= 0.3 is 7.12 Å². The van der Waals surface area contributed by atoms with Crippen LogP contribution in [0, 0.1) is 0 Å². The second-order valence-electron chi connectivity index (χ2n) is 1.52. The molecule has 1 aliphatic rings. The van der Waals surface area contributed by atoms with Crippen LogP contribution in [0.3, 0.4) is 0 Å². The Hall–Kier alpha value is -0.0951. The lowest BCUT2D eigenvalue weighted by molar-refractivity contribution is -0.00223. The van der Waals surface area contributed by atoms with Gasteiger partial charge in [0.15, 0.2) is 6.19 Å². The van der Waals surface area contributed by atoms with Crippen molar-refractivity contribution in [2.45, 2.75) is 6.19 Å². The van der Waals surface area contributed by atoms with Gasteiger partial charge in [-0.3, -0.25) is 0 Å². The normalized spacial score (nSPS) is 21.8. The van der Waals surface area contributed by atoms with Crippen LogP contribution in [0.4, 0.5) is 0 Å². The van der Waals surface area contributed by atoms with Crippen LogP contribution >= 0.6 is 0 Å². The molecule has 1 fully saturated rings. The molecule has 0 spiro atoms. The Morgan fingerprint density at radius 3 is 2.00 bits per heavy atom. The van der Waals surface area contributed by atoms with Crippen molar-refractivity contribution in [2.75, 3.05) is 13.2 Å². The molecule has 1 aliphatic heterocycles. The molecule has 0 saturated carbocycles. The van der Waals surface area contributed by atoms with Gasteiger partial charge in [-0.05, 0) is 0 Å². The van der Waals surface area contributed by atoms with E-state index >= 15 is 0 Å². The Balaban J connectivity index is 2.24. The minimum absolute atomic E-state index is 0.447. The minimum atomic E-state index is -1.50. The molecule has 4 nitrogen and oxygen atoms in total. The van der Waals surface area contributed by atoms with Gasteiger partial charge in [0.2, 0.25) is 0 Å². The van der Waals surface area contributed by atoms with Gasteiger partial charge in [0.1, 0.15) is 0 Å². The van der Waals surface area contributed by atoms with Gasteiger partial charge in [0, 0.05) is 0 Å². The molecule has 1 saturated heterocycles. The first-order valence-corrected chi connectivity index (χ1v) is 2.40. The zero-order valence-electron chi connectivity index (χ0n) is 4.28. The third-order valence-electron chi connectivity index (χ3n) is 0.891. The molecule has 46 valence electrons. The summed E-state index contributed by atoms with van der Waals surface area (Å²) in [5.41, 5.74) is 0. The first kappa shape index (κ1) is 6.03. The molecule has 0 atom stereocenters. The van der Waals surface area contributed by atoms with Crippen LogP contribution in [0.2, 0.25) is 0 Å². The Bertz CT molecular complexity index is 69.7. The Kier molecular flexibility index (Phi) is 1.85. The Labute approximate surface area is 47.2 Å². The molecule has 0 aromatic rings. The lowest BCUT2D eigenvalue weighted by atomic mass is 9.91. The first-order chi connectivity index (χ1) is 3.80. The monoisotopic (exact) mass is 118 g/mol. The van der Waals surface area contributed by atoms with E-state index in [0.717, 1.165) is 0 Å². The van der Waals surface area contributed by atoms with Gasteiger partial charge in [-0.1, -0.05) is 0 Å². The topological polar surface area (TPSA) is 58.9 Å². The predicted molar refractivity (Wildman–Crippen MR) is 25.9 cm³/mol. The van der Waals surface area contributed by atoms with Gasteiger partial charge in [-0.2, -0.15) is 0 Å². The second kappa shape index (κ2) is 2.45. The smallest absolute Gasteiger partial charge is 0.424 e. The minimum Gasteiger partial charge on any atom is -0.424 e. The van der Waals surface area contributed by atoms with Crippen molar-refractivity contribution in [1.82, 2.24) is 0 Å². The average molecular weight is 118 g/mol. The molecular formula is C3H7BO4. The molecular weight excluding hydrogens is 111 g/mol. The summed E-state index contributed by atoms with van der Waals surface area (Å²) in [5.74, 6) is 0. The summed E-state index contributed by atoms with van der Waals surface area (Å²) in [6.45, 7) is 0.893. The molecule has 8 heavy (non-hydrogen) atoms. The quantitative estimate of drug-likeness (QED) is 0.406. The lowest BCUT2D eigenvalue weighted by Crippen LogP contribution is -2.31. The highest BCUT2D eigenvalue weighted by Crippen LogP contribution is 2.02. The first-order valence-electron chi connectivity index (χ1n) is 2.40. The van der Waals surface area contributed by atoms with Crippen LogP contribution in [0.25, 0.3) is 0 Å². The summed E-state index contributed by atoms with van der Waals surface area (Å²) >= 11 is 0. The molecule has 1 heterocycles. The number of hydrogen-bond acceptors (Lipinski definition) is 4. The van der Waals surface area contributed by atoms with Crippen LogP contribution in [0.1, 0.15) is 0 Å². The van der Waals surface area contributed by atoms with Crippen molar-refractivity contribution >= 4 is 7.12 Å². The van der Waals surface area contributed by atoms with Crippen molar-refractivity contribution in [1.29, 1.82) is 0 Å². The lowest BCUT2D eigenvalue weighted by Gasteiger charge is -2.04. The fourth-order valence-electron chi connectivity index (χ4n) is 0.549. The van der Waals surface area contributed by atoms with Gasteiger partial charge in [-0.25, -0.2) is 0 Å². The Morgan fingerprint density at radius 2 is 1.75 bits per heavy atom. The van der Waals surface area contributed by atoms with E-state index in [9.17, 15) is 0 Å². The van der Waals surface area contributed by atoms with Crippen LogP contribution in [-0.4, -0.2) is 36.6 Å². The zero-order valence-corrected chi connectivity index (χ0v) is 4.28. The fourth-order valence-corrected chi connectivity index (χ4v) is 0.549. The third kappa shape index (κ3) is 1.19. The maximum atomic E-state index is 8.36. The van der Waals surface area contributed by atoms with E-state index in [-0.39, 0.29) is 0 Å². The van der Waals surface area contributed by atoms with E-state index in [0.29, 0.717) is 13.2 Å². The summed E-state index contributed by atoms with van der Waals surface area (Å²) in [4.78, 5) is 0. The highest BCUT2D eigenvalue weighted by molar-refractivity contribution is 6.42. The summed E-state index contributed by atoms with van der Waals surface area (Å²) < 4.78 is 9.38. The van der Waals surface area contributed by atoms with Crippen molar-refractivity contribution in [3.05, 3.63) is 0 Å². The van der Waals surface area contributed by atoms with Gasteiger partial charge in [0.05, 0.1) is 13.2 Å². The molecule has 0 amide bonds. The average Bonchev–Trinajstić information content (AvgIpc) is 2.12. The van der Waals surface area contributed by atoms with Crippen molar-refractivity contribution in [2.24, 2.45) is 0 Å². The van der Waals surface area contributed by atoms with Crippen LogP contribution in [0.5, 0.6) is 0 Å². The molecule has 1 rings (SSSR count). The molecule has 0 unspecified atom stereocenters. The maximum absolute atomic E-state index is 8.36. The van der Waals surface area contributed by atoms with Crippen molar-refractivity contribution in [3.8, 4) is 0 Å². The fraction of sp³-hybridized carbons (Fsp3) is 1.00. The van der Waals surface area contributed by atoms with E-state index in [2.05, 4.69) is 0 Å². The zero-order chi connectivity index (χ0) is 5.98. The number of hydrogen-bond donors (Lipinski definition) is 2.